The van der Waals surface area contributed by atoms with E-state index in [-0.39, 0.29) is 24.6 Å². The van der Waals surface area contributed by atoms with E-state index in [4.69, 9.17) is 33.3 Å². The van der Waals surface area contributed by atoms with Gasteiger partial charge in [-0.15, -0.1) is 0 Å². The molecule has 2 aliphatic rings. The third-order valence-electron chi connectivity index (χ3n) is 6.70. The molecule has 0 bridgehead atoms. The molecule has 0 saturated carbocycles. The maximum atomic E-state index is 10.8. The summed E-state index contributed by atoms with van der Waals surface area (Å²) < 4.78 is 13.3. The van der Waals surface area contributed by atoms with Crippen molar-refractivity contribution in [2.24, 2.45) is 0 Å². The lowest BCUT2D eigenvalue weighted by Crippen LogP contribution is -2.29. The summed E-state index contributed by atoms with van der Waals surface area (Å²) in [6.07, 6.45) is 1.77. The fourth-order valence-electron chi connectivity index (χ4n) is 5.13. The summed E-state index contributed by atoms with van der Waals surface area (Å²) in [5.74, 6) is 1.56. The highest BCUT2D eigenvalue weighted by atomic mass is 35.5. The van der Waals surface area contributed by atoms with E-state index in [1.807, 2.05) is 41.3 Å². The highest BCUT2D eigenvalue weighted by Crippen LogP contribution is 2.46. The molecule has 1 saturated heterocycles. The largest absolute Gasteiger partial charge is 0.506 e. The molecule has 0 aliphatic carbocycles. The maximum Gasteiger partial charge on any atom is 0.231 e. The highest BCUT2D eigenvalue weighted by molar-refractivity contribution is 7.80. The van der Waals surface area contributed by atoms with E-state index in [2.05, 4.69) is 34.8 Å². The number of benzene rings is 2. The first-order valence-electron chi connectivity index (χ1n) is 11.5. The van der Waals surface area contributed by atoms with Gasteiger partial charge in [0, 0.05) is 34.4 Å². The van der Waals surface area contributed by atoms with E-state index in [0.29, 0.717) is 15.8 Å². The Bertz CT molecular complexity index is 1490. The number of ether oxygens (including phenoxy) is 2. The molecule has 6 rings (SSSR count). The summed E-state index contributed by atoms with van der Waals surface area (Å²) >= 11 is 12.1. The van der Waals surface area contributed by atoms with Crippen LogP contribution in [0, 0.1) is 13.8 Å². The Hall–Kier alpha value is -3.75. The average molecular weight is 519 g/mol. The van der Waals surface area contributed by atoms with Gasteiger partial charge in [0.1, 0.15) is 5.75 Å². The quantitative estimate of drug-likeness (QED) is 0.333. The predicted octanol–water partition coefficient (Wildman–Crippen LogP) is 5.75. The summed E-state index contributed by atoms with van der Waals surface area (Å²) in [6.45, 7) is 4.38. The molecule has 2 atom stereocenters. The number of aryl methyl sites for hydroxylation is 1. The monoisotopic (exact) mass is 518 g/mol. The summed E-state index contributed by atoms with van der Waals surface area (Å²) in [5.41, 5.74) is 5.50. The normalized spacial score (nSPS) is 18.5. The number of hydrogen-bond donors (Lipinski definition) is 2. The number of aromatic nitrogens is 2. The average Bonchev–Trinajstić information content (AvgIpc) is 3.56. The summed E-state index contributed by atoms with van der Waals surface area (Å²) in [6, 6.07) is 18.4. The number of nitrogens with zero attached hydrogens (tertiary/aromatic N) is 3. The number of halogens is 1. The standard InChI is InChI=1S/C27H23ClN4O3S/c1-15-11-19(16(2)31(15)18-7-9-23-24(13-18)35-14-34-23)26-25(20-5-3-4-10-29-20)30-27(36)32(26)21-12-17(28)6-8-22(21)33/h3-13,25-26,33H,14H2,1-2H3,(H,30,36)/t25-,26-/m1/s1. The van der Waals surface area contributed by atoms with Crippen molar-refractivity contribution in [1.29, 1.82) is 0 Å². The van der Waals surface area contributed by atoms with Crippen LogP contribution in [-0.2, 0) is 0 Å². The van der Waals surface area contributed by atoms with E-state index in [0.717, 1.165) is 39.8 Å². The first kappa shape index (κ1) is 22.7. The van der Waals surface area contributed by atoms with Crippen molar-refractivity contribution >= 4 is 34.6 Å². The van der Waals surface area contributed by atoms with E-state index >= 15 is 0 Å². The number of rotatable bonds is 4. The Morgan fingerprint density at radius 2 is 1.89 bits per heavy atom. The second-order valence-electron chi connectivity index (χ2n) is 8.83. The van der Waals surface area contributed by atoms with Crippen LogP contribution < -0.4 is 19.7 Å². The summed E-state index contributed by atoms with van der Waals surface area (Å²) in [5, 5.41) is 15.2. The lowest BCUT2D eigenvalue weighted by Gasteiger charge is -2.28. The number of fused-ring (bicyclic) bond motifs is 1. The summed E-state index contributed by atoms with van der Waals surface area (Å²) in [4.78, 5) is 6.55. The number of phenolic OH excluding ortho intramolecular Hbond substituents is 1. The highest BCUT2D eigenvalue weighted by Gasteiger charge is 2.43. The van der Waals surface area contributed by atoms with Crippen molar-refractivity contribution in [3.8, 4) is 22.9 Å². The van der Waals surface area contributed by atoms with Crippen molar-refractivity contribution in [2.45, 2.75) is 25.9 Å². The Balaban J connectivity index is 1.52. The SMILES string of the molecule is Cc1cc([C@@H]2[C@@H](c3ccccn3)NC(=S)N2c2cc(Cl)ccc2O)c(C)n1-c1ccc2c(c1)OCO2. The Morgan fingerprint density at radius 3 is 2.69 bits per heavy atom. The summed E-state index contributed by atoms with van der Waals surface area (Å²) in [7, 11) is 0. The number of hydrogen-bond acceptors (Lipinski definition) is 5. The number of aromatic hydroxyl groups is 1. The molecule has 36 heavy (non-hydrogen) atoms. The first-order chi connectivity index (χ1) is 17.4. The van der Waals surface area contributed by atoms with Gasteiger partial charge in [-0.25, -0.2) is 0 Å². The van der Waals surface area contributed by atoms with E-state index in [1.54, 1.807) is 24.4 Å². The van der Waals surface area contributed by atoms with Crippen LogP contribution in [0.2, 0.25) is 5.02 Å². The van der Waals surface area contributed by atoms with Crippen LogP contribution >= 0.6 is 23.8 Å². The predicted molar refractivity (Wildman–Crippen MR) is 142 cm³/mol. The van der Waals surface area contributed by atoms with Crippen LogP contribution in [0.4, 0.5) is 5.69 Å². The van der Waals surface area contributed by atoms with Crippen LogP contribution in [0.3, 0.4) is 0 Å². The van der Waals surface area contributed by atoms with E-state index < -0.39 is 0 Å². The Labute approximate surface area is 218 Å². The minimum absolute atomic E-state index is 0.0970. The lowest BCUT2D eigenvalue weighted by atomic mass is 9.96. The van der Waals surface area contributed by atoms with Crippen molar-refractivity contribution in [2.75, 3.05) is 11.7 Å². The van der Waals surface area contributed by atoms with Gasteiger partial charge in [0.2, 0.25) is 6.79 Å². The molecule has 4 heterocycles. The van der Waals surface area contributed by atoms with Gasteiger partial charge in [0.05, 0.1) is 23.5 Å². The van der Waals surface area contributed by atoms with Crippen molar-refractivity contribution in [3.63, 3.8) is 0 Å². The van der Waals surface area contributed by atoms with Gasteiger partial charge in [0.25, 0.3) is 0 Å². The Morgan fingerprint density at radius 1 is 1.06 bits per heavy atom. The molecule has 2 aromatic carbocycles. The minimum Gasteiger partial charge on any atom is -0.506 e. The molecule has 4 aromatic rings. The van der Waals surface area contributed by atoms with Gasteiger partial charge in [-0.05, 0) is 80.2 Å². The molecule has 2 aromatic heterocycles. The molecule has 9 heteroatoms. The molecule has 182 valence electrons. The van der Waals surface area contributed by atoms with Gasteiger partial charge in [-0.2, -0.15) is 0 Å². The number of thiocarbonyl (C=S) groups is 1. The van der Waals surface area contributed by atoms with Crippen molar-refractivity contribution in [1.82, 2.24) is 14.9 Å². The number of nitrogens with one attached hydrogen (secondary N) is 1. The molecule has 2 aliphatic heterocycles. The zero-order chi connectivity index (χ0) is 25.0. The number of pyridine rings is 1. The molecule has 1 fully saturated rings. The van der Waals surface area contributed by atoms with Crippen LogP contribution in [0.15, 0.2) is 66.9 Å². The Kier molecular flexibility index (Phi) is 5.50. The second-order valence-corrected chi connectivity index (χ2v) is 9.65. The maximum absolute atomic E-state index is 10.8. The van der Waals surface area contributed by atoms with Gasteiger partial charge in [-0.3, -0.25) is 4.98 Å². The van der Waals surface area contributed by atoms with Gasteiger partial charge in [0.15, 0.2) is 16.6 Å². The first-order valence-corrected chi connectivity index (χ1v) is 12.3. The number of phenols is 1. The van der Waals surface area contributed by atoms with E-state index in [9.17, 15) is 5.11 Å². The van der Waals surface area contributed by atoms with Crippen molar-refractivity contribution < 1.29 is 14.6 Å². The lowest BCUT2D eigenvalue weighted by molar-refractivity contribution is 0.174. The third kappa shape index (κ3) is 3.65. The molecular weight excluding hydrogens is 496 g/mol. The van der Waals surface area contributed by atoms with Crippen LogP contribution in [0.25, 0.3) is 5.69 Å². The van der Waals surface area contributed by atoms with Gasteiger partial charge < -0.3 is 29.4 Å². The van der Waals surface area contributed by atoms with E-state index in [1.165, 1.54) is 0 Å². The molecule has 0 radical (unpaired) electrons. The fraction of sp³-hybridized carbons (Fsp3) is 0.185. The molecule has 2 N–H and O–H groups in total. The molecule has 0 unspecified atom stereocenters. The second kappa shape index (κ2) is 8.72. The third-order valence-corrected chi connectivity index (χ3v) is 7.25. The molecule has 7 nitrogen and oxygen atoms in total. The molecule has 0 amide bonds. The van der Waals surface area contributed by atoms with Gasteiger partial charge in [-0.1, -0.05) is 17.7 Å². The minimum atomic E-state index is -0.286. The van der Waals surface area contributed by atoms with Crippen LogP contribution in [0.1, 0.15) is 34.7 Å². The molecule has 0 spiro atoms. The fourth-order valence-corrected chi connectivity index (χ4v) is 5.63. The van der Waals surface area contributed by atoms with Gasteiger partial charge >= 0.3 is 0 Å². The molecular formula is C27H23ClN4O3S. The van der Waals surface area contributed by atoms with Crippen LogP contribution in [-0.4, -0.2) is 26.6 Å². The zero-order valence-corrected chi connectivity index (χ0v) is 21.2. The van der Waals surface area contributed by atoms with Crippen molar-refractivity contribution in [3.05, 3.63) is 94.5 Å². The van der Waals surface area contributed by atoms with Crippen LogP contribution in [0.5, 0.6) is 17.2 Å². The number of anilines is 1. The smallest absolute Gasteiger partial charge is 0.231 e. The topological polar surface area (TPSA) is 71.8 Å². The zero-order valence-electron chi connectivity index (χ0n) is 19.6.